The molecule has 0 saturated carbocycles. The molecule has 0 bridgehead atoms. The fourth-order valence-corrected chi connectivity index (χ4v) is 2.29. The van der Waals surface area contributed by atoms with Crippen molar-refractivity contribution in [3.8, 4) is 0 Å². The molecule has 20 heavy (non-hydrogen) atoms. The molecule has 0 fully saturated rings. The van der Waals surface area contributed by atoms with Crippen LogP contribution in [0.3, 0.4) is 0 Å². The molecule has 1 unspecified atom stereocenters. The van der Waals surface area contributed by atoms with Gasteiger partial charge in [-0.2, -0.15) is 5.10 Å². The molecule has 0 aliphatic heterocycles. The standard InChI is InChI=1S/C14H18F2N4/c1-3-20-10(7-9(2)19-20)8-13(18-17)11-5-4-6-12(15)14(11)16/h4-7,13,18H,3,8,17H2,1-2H3. The molecule has 108 valence electrons. The maximum Gasteiger partial charge on any atom is 0.163 e. The van der Waals surface area contributed by atoms with Crippen molar-refractivity contribution in [3.63, 3.8) is 0 Å². The number of rotatable bonds is 5. The average Bonchev–Trinajstić information content (AvgIpc) is 2.79. The van der Waals surface area contributed by atoms with Crippen molar-refractivity contribution in [2.75, 3.05) is 0 Å². The lowest BCUT2D eigenvalue weighted by Crippen LogP contribution is -2.31. The number of aryl methyl sites for hydroxylation is 2. The first kappa shape index (κ1) is 14.6. The molecule has 1 heterocycles. The first-order chi connectivity index (χ1) is 9.56. The highest BCUT2D eigenvalue weighted by Crippen LogP contribution is 2.22. The highest BCUT2D eigenvalue weighted by atomic mass is 19.2. The van der Waals surface area contributed by atoms with Gasteiger partial charge in [-0.1, -0.05) is 12.1 Å². The van der Waals surface area contributed by atoms with Crippen LogP contribution in [0, 0.1) is 18.6 Å². The monoisotopic (exact) mass is 280 g/mol. The largest absolute Gasteiger partial charge is 0.271 e. The van der Waals surface area contributed by atoms with Crippen molar-refractivity contribution >= 4 is 0 Å². The quantitative estimate of drug-likeness (QED) is 0.652. The summed E-state index contributed by atoms with van der Waals surface area (Å²) in [7, 11) is 0. The minimum atomic E-state index is -0.872. The Labute approximate surface area is 116 Å². The molecule has 2 aromatic rings. The highest BCUT2D eigenvalue weighted by molar-refractivity contribution is 5.24. The van der Waals surface area contributed by atoms with Gasteiger partial charge < -0.3 is 0 Å². The summed E-state index contributed by atoms with van der Waals surface area (Å²) in [5.74, 6) is 3.76. The van der Waals surface area contributed by atoms with Crippen LogP contribution in [-0.2, 0) is 13.0 Å². The first-order valence-corrected chi connectivity index (χ1v) is 6.50. The van der Waals surface area contributed by atoms with Gasteiger partial charge in [0.1, 0.15) is 0 Å². The number of hydrogen-bond acceptors (Lipinski definition) is 3. The Bertz CT molecular complexity index is 595. The second kappa shape index (κ2) is 6.11. The molecule has 6 heteroatoms. The lowest BCUT2D eigenvalue weighted by molar-refractivity contribution is 0.456. The van der Waals surface area contributed by atoms with E-state index in [0.29, 0.717) is 13.0 Å². The van der Waals surface area contributed by atoms with Gasteiger partial charge in [0.25, 0.3) is 0 Å². The fourth-order valence-electron chi connectivity index (χ4n) is 2.29. The van der Waals surface area contributed by atoms with E-state index in [4.69, 9.17) is 5.84 Å². The Morgan fingerprint density at radius 3 is 2.80 bits per heavy atom. The molecule has 0 amide bonds. The Balaban J connectivity index is 2.31. The van der Waals surface area contributed by atoms with Crippen molar-refractivity contribution in [2.24, 2.45) is 5.84 Å². The maximum absolute atomic E-state index is 13.8. The molecule has 0 spiro atoms. The van der Waals surface area contributed by atoms with Crippen LogP contribution < -0.4 is 11.3 Å². The number of nitrogens with one attached hydrogen (secondary N) is 1. The smallest absolute Gasteiger partial charge is 0.163 e. The van der Waals surface area contributed by atoms with Crippen LogP contribution in [0.25, 0.3) is 0 Å². The van der Waals surface area contributed by atoms with Crippen LogP contribution in [0.15, 0.2) is 24.3 Å². The van der Waals surface area contributed by atoms with Crippen LogP contribution >= 0.6 is 0 Å². The summed E-state index contributed by atoms with van der Waals surface area (Å²) in [6.07, 6.45) is 0.436. The zero-order chi connectivity index (χ0) is 14.7. The van der Waals surface area contributed by atoms with Gasteiger partial charge in [0.15, 0.2) is 11.6 Å². The van der Waals surface area contributed by atoms with Crippen LogP contribution in [-0.4, -0.2) is 9.78 Å². The summed E-state index contributed by atoms with van der Waals surface area (Å²) in [6, 6.07) is 5.51. The number of benzene rings is 1. The lowest BCUT2D eigenvalue weighted by atomic mass is 10.0. The Kier molecular flexibility index (Phi) is 4.46. The third-order valence-corrected chi connectivity index (χ3v) is 3.26. The molecule has 4 nitrogen and oxygen atoms in total. The third kappa shape index (κ3) is 2.86. The van der Waals surface area contributed by atoms with Gasteiger partial charge in [0.2, 0.25) is 0 Å². The van der Waals surface area contributed by atoms with E-state index < -0.39 is 17.7 Å². The van der Waals surface area contributed by atoms with Crippen molar-refractivity contribution < 1.29 is 8.78 Å². The minimum absolute atomic E-state index is 0.217. The topological polar surface area (TPSA) is 55.9 Å². The molecular formula is C14H18F2N4. The number of hydrogen-bond donors (Lipinski definition) is 2. The van der Waals surface area contributed by atoms with Crippen LogP contribution in [0.4, 0.5) is 8.78 Å². The number of hydrazine groups is 1. The molecule has 0 aliphatic carbocycles. The maximum atomic E-state index is 13.8. The fraction of sp³-hybridized carbons (Fsp3) is 0.357. The number of nitrogens with two attached hydrogens (primary N) is 1. The lowest BCUT2D eigenvalue weighted by Gasteiger charge is -2.17. The van der Waals surface area contributed by atoms with E-state index in [2.05, 4.69) is 10.5 Å². The summed E-state index contributed by atoms with van der Waals surface area (Å²) in [5, 5.41) is 4.33. The molecule has 0 saturated heterocycles. The van der Waals surface area contributed by atoms with Crippen LogP contribution in [0.1, 0.15) is 29.9 Å². The van der Waals surface area contributed by atoms with E-state index in [0.717, 1.165) is 17.5 Å². The molecule has 3 N–H and O–H groups in total. The van der Waals surface area contributed by atoms with Gasteiger partial charge >= 0.3 is 0 Å². The second-order valence-corrected chi connectivity index (χ2v) is 4.66. The third-order valence-electron chi connectivity index (χ3n) is 3.26. The summed E-state index contributed by atoms with van der Waals surface area (Å²) in [6.45, 7) is 4.58. The van der Waals surface area contributed by atoms with Gasteiger partial charge in [-0.3, -0.25) is 16.0 Å². The van der Waals surface area contributed by atoms with Gasteiger partial charge in [0, 0.05) is 24.2 Å². The molecular weight excluding hydrogens is 262 g/mol. The van der Waals surface area contributed by atoms with Crippen molar-refractivity contribution in [1.82, 2.24) is 15.2 Å². The Hall–Kier alpha value is -1.79. The first-order valence-electron chi connectivity index (χ1n) is 6.50. The van der Waals surface area contributed by atoms with E-state index in [1.54, 1.807) is 0 Å². The molecule has 1 atom stereocenters. The van der Waals surface area contributed by atoms with Gasteiger partial charge in [-0.25, -0.2) is 8.78 Å². The van der Waals surface area contributed by atoms with Crippen molar-refractivity contribution in [1.29, 1.82) is 0 Å². The van der Waals surface area contributed by atoms with Crippen LogP contribution in [0.5, 0.6) is 0 Å². The van der Waals surface area contributed by atoms with E-state index in [1.165, 1.54) is 12.1 Å². The predicted octanol–water partition coefficient (Wildman–Crippen LogP) is 2.24. The zero-order valence-electron chi connectivity index (χ0n) is 11.5. The SMILES string of the molecule is CCn1nc(C)cc1CC(NN)c1cccc(F)c1F. The molecule has 0 radical (unpaired) electrons. The van der Waals surface area contributed by atoms with E-state index in [-0.39, 0.29) is 5.56 Å². The number of aromatic nitrogens is 2. The van der Waals surface area contributed by atoms with E-state index in [9.17, 15) is 8.78 Å². The van der Waals surface area contributed by atoms with Crippen molar-refractivity contribution in [3.05, 3.63) is 52.9 Å². The second-order valence-electron chi connectivity index (χ2n) is 4.66. The predicted molar refractivity (Wildman–Crippen MR) is 72.8 cm³/mol. The van der Waals surface area contributed by atoms with Crippen LogP contribution in [0.2, 0.25) is 0 Å². The minimum Gasteiger partial charge on any atom is -0.271 e. The molecule has 0 aliphatic rings. The number of nitrogens with zero attached hydrogens (tertiary/aromatic N) is 2. The van der Waals surface area contributed by atoms with Gasteiger partial charge in [-0.05, 0) is 26.0 Å². The normalized spacial score (nSPS) is 12.7. The zero-order valence-corrected chi connectivity index (χ0v) is 11.5. The summed E-state index contributed by atoms with van der Waals surface area (Å²) in [5.41, 5.74) is 4.58. The Morgan fingerprint density at radius 1 is 1.40 bits per heavy atom. The highest BCUT2D eigenvalue weighted by Gasteiger charge is 2.19. The van der Waals surface area contributed by atoms with Crippen molar-refractivity contribution in [2.45, 2.75) is 32.9 Å². The number of halogens is 2. The Morgan fingerprint density at radius 2 is 2.15 bits per heavy atom. The average molecular weight is 280 g/mol. The molecule has 1 aromatic carbocycles. The molecule has 1 aromatic heterocycles. The summed E-state index contributed by atoms with van der Waals surface area (Å²) < 4.78 is 29.0. The summed E-state index contributed by atoms with van der Waals surface area (Å²) >= 11 is 0. The summed E-state index contributed by atoms with van der Waals surface area (Å²) in [4.78, 5) is 0. The van der Waals surface area contributed by atoms with Gasteiger partial charge in [0.05, 0.1) is 11.7 Å². The van der Waals surface area contributed by atoms with E-state index in [1.807, 2.05) is 24.6 Å². The molecule has 2 rings (SSSR count). The van der Waals surface area contributed by atoms with Gasteiger partial charge in [-0.15, -0.1) is 0 Å². The van der Waals surface area contributed by atoms with E-state index >= 15 is 0 Å².